The van der Waals surface area contributed by atoms with Gasteiger partial charge in [0.15, 0.2) is 5.01 Å². The van der Waals surface area contributed by atoms with Gasteiger partial charge in [0.25, 0.3) is 5.91 Å². The minimum Gasteiger partial charge on any atom is -0.334 e. The smallest absolute Gasteiger partial charge is 0.282 e. The van der Waals surface area contributed by atoms with Crippen molar-refractivity contribution in [1.29, 1.82) is 5.26 Å². The van der Waals surface area contributed by atoms with Crippen molar-refractivity contribution in [2.24, 2.45) is 0 Å². The fraction of sp³-hybridized carbons (Fsp3) is 0.280. The number of benzene rings is 2. The van der Waals surface area contributed by atoms with E-state index < -0.39 is 0 Å². The van der Waals surface area contributed by atoms with Gasteiger partial charge in [0.1, 0.15) is 0 Å². The molecule has 2 fully saturated rings. The predicted molar refractivity (Wildman–Crippen MR) is 127 cm³/mol. The number of piperazine rings is 1. The second kappa shape index (κ2) is 9.14. The third kappa shape index (κ3) is 4.38. The summed E-state index contributed by atoms with van der Waals surface area (Å²) in [6.07, 6.45) is 2.14. The zero-order valence-corrected chi connectivity index (χ0v) is 18.9. The lowest BCUT2D eigenvalue weighted by molar-refractivity contribution is -0.117. The van der Waals surface area contributed by atoms with E-state index in [1.54, 1.807) is 18.3 Å². The molecule has 0 aliphatic carbocycles. The van der Waals surface area contributed by atoms with E-state index in [1.165, 1.54) is 11.3 Å². The van der Waals surface area contributed by atoms with Gasteiger partial charge in [-0.1, -0.05) is 24.3 Å². The number of thiazole rings is 1. The predicted octanol–water partition coefficient (Wildman–Crippen LogP) is 3.25. The molecule has 1 aromatic heterocycles. The van der Waals surface area contributed by atoms with Crippen molar-refractivity contribution < 1.29 is 9.59 Å². The summed E-state index contributed by atoms with van der Waals surface area (Å²) in [5.74, 6) is 0.117. The van der Waals surface area contributed by atoms with Crippen LogP contribution in [0.2, 0.25) is 0 Å². The minimum absolute atomic E-state index is 0.00612. The molecule has 0 saturated carbocycles. The van der Waals surface area contributed by atoms with Crippen LogP contribution in [0.25, 0.3) is 11.1 Å². The highest BCUT2D eigenvalue weighted by atomic mass is 32.1. The molecule has 1 atom stereocenters. The summed E-state index contributed by atoms with van der Waals surface area (Å²) in [7, 11) is 0. The molecule has 0 N–H and O–H groups in total. The van der Waals surface area contributed by atoms with Crippen LogP contribution in [-0.4, -0.2) is 65.4 Å². The number of aromatic nitrogens is 1. The van der Waals surface area contributed by atoms with E-state index in [2.05, 4.69) is 16.0 Å². The summed E-state index contributed by atoms with van der Waals surface area (Å²) >= 11 is 1.37. The van der Waals surface area contributed by atoms with Gasteiger partial charge in [-0.15, -0.1) is 11.3 Å². The molecule has 2 aliphatic heterocycles. The SMILES string of the molecule is N#Cc1ccc(-c2cccc(N3CC(N4CCN(C(=O)c5nccs5)CC4)CC3=O)c2)cc1. The van der Waals surface area contributed by atoms with E-state index in [1.807, 2.05) is 51.6 Å². The molecule has 2 aromatic carbocycles. The maximum absolute atomic E-state index is 12.9. The molecule has 0 radical (unpaired) electrons. The van der Waals surface area contributed by atoms with Crippen LogP contribution in [0.4, 0.5) is 5.69 Å². The van der Waals surface area contributed by atoms with Crippen molar-refractivity contribution >= 4 is 28.8 Å². The molecule has 0 spiro atoms. The van der Waals surface area contributed by atoms with Gasteiger partial charge in [0.2, 0.25) is 5.91 Å². The lowest BCUT2D eigenvalue weighted by Crippen LogP contribution is -2.52. The van der Waals surface area contributed by atoms with Gasteiger partial charge in [0.05, 0.1) is 11.6 Å². The first-order valence-electron chi connectivity index (χ1n) is 11.0. The quantitative estimate of drug-likeness (QED) is 0.601. The van der Waals surface area contributed by atoms with E-state index >= 15 is 0 Å². The summed E-state index contributed by atoms with van der Waals surface area (Å²) in [6, 6.07) is 17.7. The fourth-order valence-corrected chi connectivity index (χ4v) is 5.13. The molecular weight excluding hydrogens is 434 g/mol. The van der Waals surface area contributed by atoms with Crippen molar-refractivity contribution in [3.8, 4) is 17.2 Å². The van der Waals surface area contributed by atoms with Gasteiger partial charge in [-0.05, 0) is 35.4 Å². The molecule has 5 rings (SSSR count). The summed E-state index contributed by atoms with van der Waals surface area (Å²) in [5, 5.41) is 11.4. The van der Waals surface area contributed by atoms with Crippen molar-refractivity contribution in [1.82, 2.24) is 14.8 Å². The van der Waals surface area contributed by atoms with Crippen molar-refractivity contribution in [2.45, 2.75) is 12.5 Å². The Bertz CT molecular complexity index is 1190. The molecule has 3 heterocycles. The van der Waals surface area contributed by atoms with Crippen LogP contribution in [0, 0.1) is 11.3 Å². The molecule has 8 heteroatoms. The lowest BCUT2D eigenvalue weighted by Gasteiger charge is -2.37. The molecule has 2 aliphatic rings. The van der Waals surface area contributed by atoms with E-state index in [9.17, 15) is 9.59 Å². The second-order valence-electron chi connectivity index (χ2n) is 8.27. The molecule has 2 amide bonds. The van der Waals surface area contributed by atoms with Crippen LogP contribution >= 0.6 is 11.3 Å². The third-order valence-corrected chi connectivity index (χ3v) is 7.10. The van der Waals surface area contributed by atoms with Crippen molar-refractivity contribution in [3.05, 3.63) is 70.7 Å². The first kappa shape index (κ1) is 21.3. The molecule has 3 aromatic rings. The van der Waals surface area contributed by atoms with Crippen LogP contribution in [0.1, 0.15) is 21.8 Å². The van der Waals surface area contributed by atoms with E-state index in [-0.39, 0.29) is 17.9 Å². The number of rotatable bonds is 4. The average molecular weight is 458 g/mol. The van der Waals surface area contributed by atoms with Crippen LogP contribution in [0.15, 0.2) is 60.1 Å². The van der Waals surface area contributed by atoms with Crippen molar-refractivity contribution in [2.75, 3.05) is 37.6 Å². The summed E-state index contributed by atoms with van der Waals surface area (Å²) in [6.45, 7) is 3.47. The molecule has 33 heavy (non-hydrogen) atoms. The van der Waals surface area contributed by atoms with Gasteiger partial charge in [-0.25, -0.2) is 4.98 Å². The number of carbonyl (C=O) groups excluding carboxylic acids is 2. The minimum atomic E-state index is -0.00612. The normalized spacial score (nSPS) is 19.0. The number of nitriles is 1. The van der Waals surface area contributed by atoms with E-state index in [4.69, 9.17) is 5.26 Å². The lowest BCUT2D eigenvalue weighted by atomic mass is 10.0. The van der Waals surface area contributed by atoms with Crippen LogP contribution in [0.5, 0.6) is 0 Å². The Morgan fingerprint density at radius 3 is 2.55 bits per heavy atom. The van der Waals surface area contributed by atoms with E-state index in [0.717, 1.165) is 29.9 Å². The first-order valence-corrected chi connectivity index (χ1v) is 11.8. The largest absolute Gasteiger partial charge is 0.334 e. The first-order chi connectivity index (χ1) is 16.1. The number of hydrogen-bond donors (Lipinski definition) is 0. The van der Waals surface area contributed by atoms with Gasteiger partial charge in [0, 0.05) is 62.5 Å². The van der Waals surface area contributed by atoms with Gasteiger partial charge < -0.3 is 9.80 Å². The maximum Gasteiger partial charge on any atom is 0.282 e. The highest BCUT2D eigenvalue weighted by Crippen LogP contribution is 2.29. The Labute approximate surface area is 196 Å². The van der Waals surface area contributed by atoms with Crippen LogP contribution < -0.4 is 4.90 Å². The Hall–Kier alpha value is -3.54. The molecule has 2 saturated heterocycles. The molecule has 0 bridgehead atoms. The number of carbonyl (C=O) groups is 2. The molecule has 1 unspecified atom stereocenters. The van der Waals surface area contributed by atoms with Crippen LogP contribution in [-0.2, 0) is 4.79 Å². The number of hydrogen-bond acceptors (Lipinski definition) is 6. The second-order valence-corrected chi connectivity index (χ2v) is 9.16. The zero-order chi connectivity index (χ0) is 22.8. The third-order valence-electron chi connectivity index (χ3n) is 6.34. The summed E-state index contributed by atoms with van der Waals surface area (Å²) < 4.78 is 0. The number of anilines is 1. The number of amides is 2. The topological polar surface area (TPSA) is 80.5 Å². The van der Waals surface area contributed by atoms with Crippen LogP contribution in [0.3, 0.4) is 0 Å². The molecular formula is C25H23N5O2S. The average Bonchev–Trinajstić information content (AvgIpc) is 3.54. The van der Waals surface area contributed by atoms with E-state index in [0.29, 0.717) is 36.6 Å². The summed E-state index contributed by atoms with van der Waals surface area (Å²) in [4.78, 5) is 35.6. The highest BCUT2D eigenvalue weighted by Gasteiger charge is 2.36. The Morgan fingerprint density at radius 2 is 1.85 bits per heavy atom. The fourth-order valence-electron chi connectivity index (χ4n) is 4.53. The maximum atomic E-state index is 12.9. The number of nitrogens with zero attached hydrogens (tertiary/aromatic N) is 5. The van der Waals surface area contributed by atoms with Crippen molar-refractivity contribution in [3.63, 3.8) is 0 Å². The highest BCUT2D eigenvalue weighted by molar-refractivity contribution is 7.11. The van der Waals surface area contributed by atoms with Gasteiger partial charge >= 0.3 is 0 Å². The summed E-state index contributed by atoms with van der Waals surface area (Å²) in [5.41, 5.74) is 3.55. The molecule has 166 valence electrons. The van der Waals surface area contributed by atoms with Gasteiger partial charge in [-0.3, -0.25) is 14.5 Å². The zero-order valence-electron chi connectivity index (χ0n) is 18.1. The Kier molecular flexibility index (Phi) is 5.90. The molecule has 7 nitrogen and oxygen atoms in total. The Balaban J connectivity index is 1.24. The Morgan fingerprint density at radius 1 is 1.06 bits per heavy atom. The van der Waals surface area contributed by atoms with Gasteiger partial charge in [-0.2, -0.15) is 5.26 Å². The monoisotopic (exact) mass is 457 g/mol. The standard InChI is InChI=1S/C25H23N5O2S/c26-16-18-4-6-19(7-5-18)20-2-1-3-21(14-20)30-17-22(15-23(30)31)28-9-11-29(12-10-28)25(32)24-27-8-13-33-24/h1-8,13-14,22H,9-12,15,17H2.